The lowest BCUT2D eigenvalue weighted by Crippen LogP contribution is -2.26. The summed E-state index contributed by atoms with van der Waals surface area (Å²) in [6.07, 6.45) is 0. The molecule has 0 bridgehead atoms. The summed E-state index contributed by atoms with van der Waals surface area (Å²) in [7, 11) is 0. The Morgan fingerprint density at radius 3 is 2.55 bits per heavy atom. The number of benzene rings is 2. The molecule has 2 aromatic rings. The maximum atomic E-state index is 11.8. The summed E-state index contributed by atoms with van der Waals surface area (Å²) in [5, 5.41) is 7.63. The molecular weight excluding hydrogens is 366 g/mol. The SMILES string of the molecule is CC(=NNC(=O)CNc1ccccc1Cl)c1ccc(Br)cc1. The van der Waals surface area contributed by atoms with Crippen molar-refractivity contribution in [3.8, 4) is 0 Å². The lowest BCUT2D eigenvalue weighted by Gasteiger charge is -2.07. The van der Waals surface area contributed by atoms with Crippen molar-refractivity contribution >= 4 is 44.8 Å². The van der Waals surface area contributed by atoms with E-state index in [4.69, 9.17) is 11.6 Å². The molecule has 2 aromatic carbocycles. The van der Waals surface area contributed by atoms with Gasteiger partial charge in [-0.05, 0) is 36.8 Å². The Balaban J connectivity index is 1.88. The number of halogens is 2. The van der Waals surface area contributed by atoms with Gasteiger partial charge in [-0.15, -0.1) is 0 Å². The van der Waals surface area contributed by atoms with E-state index in [-0.39, 0.29) is 12.5 Å². The molecule has 2 rings (SSSR count). The third kappa shape index (κ3) is 4.86. The van der Waals surface area contributed by atoms with Gasteiger partial charge in [-0.3, -0.25) is 4.79 Å². The number of para-hydroxylation sites is 1. The van der Waals surface area contributed by atoms with E-state index in [1.165, 1.54) is 0 Å². The van der Waals surface area contributed by atoms with Crippen LogP contribution in [0.15, 0.2) is 58.1 Å². The number of anilines is 1. The second-order valence-corrected chi connectivity index (χ2v) is 5.90. The first-order chi connectivity index (χ1) is 10.6. The number of nitrogens with one attached hydrogen (secondary N) is 2. The van der Waals surface area contributed by atoms with Gasteiger partial charge in [-0.1, -0.05) is 51.8 Å². The molecule has 0 fully saturated rings. The van der Waals surface area contributed by atoms with Crippen molar-refractivity contribution in [3.63, 3.8) is 0 Å². The zero-order chi connectivity index (χ0) is 15.9. The van der Waals surface area contributed by atoms with Gasteiger partial charge in [-0.25, -0.2) is 5.43 Å². The van der Waals surface area contributed by atoms with Crippen molar-refractivity contribution in [2.24, 2.45) is 5.10 Å². The first-order valence-electron chi connectivity index (χ1n) is 6.64. The van der Waals surface area contributed by atoms with Crippen molar-refractivity contribution in [1.82, 2.24) is 5.43 Å². The monoisotopic (exact) mass is 379 g/mol. The number of carbonyl (C=O) groups is 1. The normalized spacial score (nSPS) is 11.1. The average molecular weight is 381 g/mol. The van der Waals surface area contributed by atoms with Gasteiger partial charge in [0.25, 0.3) is 5.91 Å². The van der Waals surface area contributed by atoms with Crippen LogP contribution in [0, 0.1) is 0 Å². The molecule has 0 aliphatic carbocycles. The highest BCUT2D eigenvalue weighted by Gasteiger charge is 2.03. The molecule has 0 atom stereocenters. The van der Waals surface area contributed by atoms with Gasteiger partial charge >= 0.3 is 0 Å². The average Bonchev–Trinajstić information content (AvgIpc) is 2.52. The highest BCUT2D eigenvalue weighted by atomic mass is 79.9. The summed E-state index contributed by atoms with van der Waals surface area (Å²) in [4.78, 5) is 11.8. The Bertz CT molecular complexity index is 686. The Morgan fingerprint density at radius 2 is 1.86 bits per heavy atom. The highest BCUT2D eigenvalue weighted by Crippen LogP contribution is 2.19. The number of nitrogens with zero attached hydrogens (tertiary/aromatic N) is 1. The molecule has 22 heavy (non-hydrogen) atoms. The Labute approximate surface area is 142 Å². The number of carbonyl (C=O) groups excluding carboxylic acids is 1. The molecule has 4 nitrogen and oxygen atoms in total. The van der Waals surface area contributed by atoms with Crippen LogP contribution in [0.1, 0.15) is 12.5 Å². The van der Waals surface area contributed by atoms with E-state index >= 15 is 0 Å². The maximum absolute atomic E-state index is 11.8. The van der Waals surface area contributed by atoms with Crippen LogP contribution in [-0.2, 0) is 4.79 Å². The van der Waals surface area contributed by atoms with Gasteiger partial charge < -0.3 is 5.32 Å². The van der Waals surface area contributed by atoms with Gasteiger partial charge in [0, 0.05) is 4.47 Å². The van der Waals surface area contributed by atoms with Crippen LogP contribution in [0.3, 0.4) is 0 Å². The molecule has 0 saturated heterocycles. The molecule has 0 spiro atoms. The van der Waals surface area contributed by atoms with Crippen LogP contribution >= 0.6 is 27.5 Å². The molecule has 6 heteroatoms. The van der Waals surface area contributed by atoms with Crippen LogP contribution in [-0.4, -0.2) is 18.2 Å². The number of hydrazone groups is 1. The smallest absolute Gasteiger partial charge is 0.259 e. The van der Waals surface area contributed by atoms with Crippen molar-refractivity contribution in [3.05, 3.63) is 63.6 Å². The molecule has 2 N–H and O–H groups in total. The lowest BCUT2D eigenvalue weighted by atomic mass is 10.1. The van der Waals surface area contributed by atoms with Crippen LogP contribution in [0.25, 0.3) is 0 Å². The summed E-state index contributed by atoms with van der Waals surface area (Å²) >= 11 is 9.38. The number of hydrogen-bond donors (Lipinski definition) is 2. The molecule has 0 heterocycles. The van der Waals surface area contributed by atoms with E-state index in [0.29, 0.717) is 10.7 Å². The van der Waals surface area contributed by atoms with E-state index in [1.807, 2.05) is 49.4 Å². The maximum Gasteiger partial charge on any atom is 0.259 e. The molecule has 0 saturated carbocycles. The van der Waals surface area contributed by atoms with E-state index in [9.17, 15) is 4.79 Å². The van der Waals surface area contributed by atoms with Gasteiger partial charge in [0.05, 0.1) is 23.0 Å². The molecular formula is C16H15BrClN3O. The van der Waals surface area contributed by atoms with E-state index in [1.54, 1.807) is 6.07 Å². The van der Waals surface area contributed by atoms with Crippen LogP contribution < -0.4 is 10.7 Å². The second kappa shape index (κ2) is 7.96. The molecule has 0 aliphatic rings. The number of hydrogen-bond acceptors (Lipinski definition) is 3. The highest BCUT2D eigenvalue weighted by molar-refractivity contribution is 9.10. The van der Waals surface area contributed by atoms with E-state index in [0.717, 1.165) is 15.7 Å². The van der Waals surface area contributed by atoms with Crippen LogP contribution in [0.5, 0.6) is 0 Å². The van der Waals surface area contributed by atoms with Gasteiger partial charge in [0.2, 0.25) is 0 Å². The quantitative estimate of drug-likeness (QED) is 0.607. The largest absolute Gasteiger partial charge is 0.375 e. The summed E-state index contributed by atoms with van der Waals surface area (Å²) in [6.45, 7) is 1.94. The molecule has 0 unspecified atom stereocenters. The zero-order valence-electron chi connectivity index (χ0n) is 11.9. The predicted octanol–water partition coefficient (Wildman–Crippen LogP) is 4.05. The molecule has 0 aromatic heterocycles. The van der Waals surface area contributed by atoms with Crippen molar-refractivity contribution in [2.45, 2.75) is 6.92 Å². The fraction of sp³-hybridized carbons (Fsp3) is 0.125. The molecule has 114 valence electrons. The van der Waals surface area contributed by atoms with Crippen molar-refractivity contribution in [1.29, 1.82) is 0 Å². The standard InChI is InChI=1S/C16H15BrClN3O/c1-11(12-6-8-13(17)9-7-12)20-21-16(22)10-19-15-5-3-2-4-14(15)18/h2-9,19H,10H2,1H3,(H,21,22). The van der Waals surface area contributed by atoms with E-state index < -0.39 is 0 Å². The zero-order valence-corrected chi connectivity index (χ0v) is 14.3. The minimum absolute atomic E-state index is 0.0981. The third-order valence-corrected chi connectivity index (χ3v) is 3.78. The van der Waals surface area contributed by atoms with Crippen molar-refractivity contribution in [2.75, 3.05) is 11.9 Å². The Morgan fingerprint density at radius 1 is 1.18 bits per heavy atom. The number of rotatable bonds is 5. The van der Waals surface area contributed by atoms with Crippen LogP contribution in [0.2, 0.25) is 5.02 Å². The molecule has 0 radical (unpaired) electrons. The Kier molecular flexibility index (Phi) is 5.98. The topological polar surface area (TPSA) is 53.5 Å². The van der Waals surface area contributed by atoms with Gasteiger partial charge in [0.1, 0.15) is 0 Å². The Hall–Kier alpha value is -1.85. The lowest BCUT2D eigenvalue weighted by molar-refractivity contribution is -0.119. The van der Waals surface area contributed by atoms with Gasteiger partial charge in [0.15, 0.2) is 0 Å². The minimum Gasteiger partial charge on any atom is -0.375 e. The summed E-state index contributed by atoms with van der Waals surface area (Å²) in [5.41, 5.74) is 4.91. The minimum atomic E-state index is -0.239. The van der Waals surface area contributed by atoms with E-state index in [2.05, 4.69) is 31.8 Å². The number of amides is 1. The molecule has 0 aliphatic heterocycles. The second-order valence-electron chi connectivity index (χ2n) is 4.57. The summed E-state index contributed by atoms with van der Waals surface area (Å²) < 4.78 is 0.997. The summed E-state index contributed by atoms with van der Waals surface area (Å²) in [6, 6.07) is 15.0. The first-order valence-corrected chi connectivity index (χ1v) is 7.81. The van der Waals surface area contributed by atoms with Gasteiger partial charge in [-0.2, -0.15) is 5.10 Å². The first kappa shape index (κ1) is 16.5. The van der Waals surface area contributed by atoms with Crippen LogP contribution in [0.4, 0.5) is 5.69 Å². The third-order valence-electron chi connectivity index (χ3n) is 2.92. The summed E-state index contributed by atoms with van der Waals surface area (Å²) in [5.74, 6) is -0.239. The van der Waals surface area contributed by atoms with Crippen molar-refractivity contribution < 1.29 is 4.79 Å². The predicted molar refractivity (Wildman–Crippen MR) is 94.4 cm³/mol. The fourth-order valence-electron chi connectivity index (χ4n) is 1.72. The molecule has 1 amide bonds. The fourth-order valence-corrected chi connectivity index (χ4v) is 2.19.